The molecule has 0 bridgehead atoms. The summed E-state index contributed by atoms with van der Waals surface area (Å²) < 4.78 is 33.3. The molecule has 0 unspecified atom stereocenters. The van der Waals surface area contributed by atoms with E-state index in [1.807, 2.05) is 37.3 Å². The smallest absolute Gasteiger partial charge is 0.265 e. The van der Waals surface area contributed by atoms with Crippen molar-refractivity contribution in [2.24, 2.45) is 0 Å². The number of nitrogens with one attached hydrogen (secondary N) is 2. The Balaban J connectivity index is 1.65. The van der Waals surface area contributed by atoms with Gasteiger partial charge in [0.1, 0.15) is 5.75 Å². The maximum Gasteiger partial charge on any atom is 0.265 e. The van der Waals surface area contributed by atoms with Crippen molar-refractivity contribution >= 4 is 27.3 Å². The molecule has 1 atom stereocenters. The number of carbonyl (C=O) groups is 1. The van der Waals surface area contributed by atoms with Crippen molar-refractivity contribution in [2.45, 2.75) is 24.8 Å². The van der Waals surface area contributed by atoms with Gasteiger partial charge in [0.25, 0.3) is 15.9 Å². The largest absolute Gasteiger partial charge is 0.481 e. The van der Waals surface area contributed by atoms with Crippen LogP contribution in [0.15, 0.2) is 83.8 Å². The number of aryl methyl sites for hydroxylation is 1. The molecular weight excluding hydrogens is 388 g/mol. The molecule has 6 nitrogen and oxygen atoms in total. The van der Waals surface area contributed by atoms with Crippen LogP contribution < -0.4 is 14.8 Å². The van der Waals surface area contributed by atoms with Crippen molar-refractivity contribution in [3.8, 4) is 5.75 Å². The second-order valence-corrected chi connectivity index (χ2v) is 8.19. The number of para-hydroxylation sites is 2. The zero-order chi connectivity index (χ0) is 20.9. The molecule has 29 heavy (non-hydrogen) atoms. The number of carbonyl (C=O) groups excluding carboxylic acids is 1. The average Bonchev–Trinajstić information content (AvgIpc) is 2.71. The number of amides is 1. The van der Waals surface area contributed by atoms with E-state index < -0.39 is 16.1 Å². The molecule has 1 amide bonds. The highest BCUT2D eigenvalue weighted by molar-refractivity contribution is 7.92. The van der Waals surface area contributed by atoms with Crippen molar-refractivity contribution in [3.63, 3.8) is 0 Å². The Morgan fingerprint density at radius 2 is 1.52 bits per heavy atom. The Morgan fingerprint density at radius 3 is 2.17 bits per heavy atom. The monoisotopic (exact) mass is 410 g/mol. The lowest BCUT2D eigenvalue weighted by Gasteiger charge is -2.15. The summed E-state index contributed by atoms with van der Waals surface area (Å²) in [6, 6.07) is 22.2. The number of ether oxygens (including phenoxy) is 1. The fourth-order valence-corrected chi connectivity index (χ4v) is 3.74. The number of hydrogen-bond acceptors (Lipinski definition) is 4. The van der Waals surface area contributed by atoms with E-state index in [-0.39, 0.29) is 10.8 Å². The van der Waals surface area contributed by atoms with Gasteiger partial charge in [-0.2, -0.15) is 0 Å². The van der Waals surface area contributed by atoms with Crippen LogP contribution in [0.2, 0.25) is 0 Å². The minimum atomic E-state index is -3.73. The van der Waals surface area contributed by atoms with E-state index in [9.17, 15) is 13.2 Å². The Morgan fingerprint density at radius 1 is 0.897 bits per heavy atom. The van der Waals surface area contributed by atoms with Gasteiger partial charge in [-0.1, -0.05) is 36.4 Å². The number of sulfonamides is 1. The van der Waals surface area contributed by atoms with Gasteiger partial charge in [0.2, 0.25) is 0 Å². The topological polar surface area (TPSA) is 84.5 Å². The molecule has 0 heterocycles. The normalized spacial score (nSPS) is 12.1. The van der Waals surface area contributed by atoms with Crippen LogP contribution in [0, 0.1) is 6.92 Å². The highest BCUT2D eigenvalue weighted by Gasteiger charge is 2.17. The van der Waals surface area contributed by atoms with Gasteiger partial charge in [-0.3, -0.25) is 9.52 Å². The Bertz CT molecular complexity index is 1080. The van der Waals surface area contributed by atoms with Crippen molar-refractivity contribution in [3.05, 3.63) is 84.4 Å². The Hall–Kier alpha value is -3.32. The number of hydrogen-bond donors (Lipinski definition) is 2. The average molecular weight is 410 g/mol. The molecule has 0 aliphatic heterocycles. The molecule has 0 radical (unpaired) electrons. The third kappa shape index (κ3) is 5.36. The van der Waals surface area contributed by atoms with Crippen LogP contribution in [-0.2, 0) is 14.8 Å². The van der Waals surface area contributed by atoms with Crippen molar-refractivity contribution < 1.29 is 17.9 Å². The molecule has 0 aliphatic carbocycles. The van der Waals surface area contributed by atoms with Gasteiger partial charge < -0.3 is 10.1 Å². The minimum absolute atomic E-state index is 0.104. The van der Waals surface area contributed by atoms with Crippen molar-refractivity contribution in [1.29, 1.82) is 0 Å². The first-order valence-electron chi connectivity index (χ1n) is 9.06. The Labute approximate surface area is 170 Å². The summed E-state index contributed by atoms with van der Waals surface area (Å²) in [5.41, 5.74) is 1.83. The fourth-order valence-electron chi connectivity index (χ4n) is 2.61. The molecule has 150 valence electrons. The lowest BCUT2D eigenvalue weighted by molar-refractivity contribution is -0.122. The summed E-state index contributed by atoms with van der Waals surface area (Å²) in [7, 11) is -3.73. The molecule has 2 N–H and O–H groups in total. The standard InChI is InChI=1S/C22H22N2O4S/c1-16-8-6-7-11-21(16)24-29(26,27)20-14-12-18(13-15-20)23-22(25)17(2)28-19-9-4-3-5-10-19/h3-15,17,24H,1-2H3,(H,23,25)/t17-/m0/s1. The third-order valence-corrected chi connectivity index (χ3v) is 5.63. The number of rotatable bonds is 7. The summed E-state index contributed by atoms with van der Waals surface area (Å²) in [6.07, 6.45) is -0.705. The van der Waals surface area contributed by atoms with Crippen LogP contribution in [0.4, 0.5) is 11.4 Å². The van der Waals surface area contributed by atoms with E-state index in [0.717, 1.165) is 5.56 Å². The summed E-state index contributed by atoms with van der Waals surface area (Å²) in [6.45, 7) is 3.47. The predicted octanol–water partition coefficient (Wildman–Crippen LogP) is 4.20. The summed E-state index contributed by atoms with van der Waals surface area (Å²) >= 11 is 0. The molecule has 0 spiro atoms. The summed E-state index contributed by atoms with van der Waals surface area (Å²) in [4.78, 5) is 12.4. The molecule has 0 saturated carbocycles. The second kappa shape index (κ2) is 8.79. The van der Waals surface area contributed by atoms with Gasteiger partial charge in [-0.15, -0.1) is 0 Å². The van der Waals surface area contributed by atoms with Gasteiger partial charge >= 0.3 is 0 Å². The SMILES string of the molecule is Cc1ccccc1NS(=O)(=O)c1ccc(NC(=O)[C@H](C)Oc2ccccc2)cc1. The lowest BCUT2D eigenvalue weighted by atomic mass is 10.2. The van der Waals surface area contributed by atoms with Crippen LogP contribution in [-0.4, -0.2) is 20.4 Å². The van der Waals surface area contributed by atoms with Crippen molar-refractivity contribution in [1.82, 2.24) is 0 Å². The van der Waals surface area contributed by atoms with E-state index in [1.165, 1.54) is 12.1 Å². The molecule has 3 aromatic rings. The fraction of sp³-hybridized carbons (Fsp3) is 0.136. The molecular formula is C22H22N2O4S. The van der Waals surface area contributed by atoms with Gasteiger partial charge in [-0.05, 0) is 61.9 Å². The van der Waals surface area contributed by atoms with Crippen LogP contribution in [0.3, 0.4) is 0 Å². The summed E-state index contributed by atoms with van der Waals surface area (Å²) in [5.74, 6) is 0.265. The first kappa shape index (κ1) is 20.4. The first-order chi connectivity index (χ1) is 13.8. The molecule has 3 rings (SSSR count). The number of anilines is 2. The third-order valence-electron chi connectivity index (χ3n) is 4.25. The van der Waals surface area contributed by atoms with E-state index >= 15 is 0 Å². The van der Waals surface area contributed by atoms with Crippen LogP contribution >= 0.6 is 0 Å². The Kier molecular flexibility index (Phi) is 6.19. The molecule has 0 saturated heterocycles. The van der Waals surface area contributed by atoms with E-state index in [2.05, 4.69) is 10.0 Å². The molecule has 0 aliphatic rings. The maximum absolute atomic E-state index is 12.6. The zero-order valence-corrected chi connectivity index (χ0v) is 16.9. The highest BCUT2D eigenvalue weighted by atomic mass is 32.2. The lowest BCUT2D eigenvalue weighted by Crippen LogP contribution is -2.30. The molecule has 0 fully saturated rings. The summed E-state index contributed by atoms with van der Waals surface area (Å²) in [5, 5.41) is 2.72. The van der Waals surface area contributed by atoms with E-state index in [0.29, 0.717) is 17.1 Å². The quantitative estimate of drug-likeness (QED) is 0.611. The van der Waals surface area contributed by atoms with E-state index in [4.69, 9.17) is 4.74 Å². The van der Waals surface area contributed by atoms with Gasteiger partial charge in [0.15, 0.2) is 6.10 Å². The molecule has 0 aromatic heterocycles. The highest BCUT2D eigenvalue weighted by Crippen LogP contribution is 2.21. The van der Waals surface area contributed by atoms with Crippen molar-refractivity contribution in [2.75, 3.05) is 10.0 Å². The number of benzene rings is 3. The maximum atomic E-state index is 12.6. The second-order valence-electron chi connectivity index (χ2n) is 6.51. The van der Waals surface area contributed by atoms with Crippen LogP contribution in [0.25, 0.3) is 0 Å². The van der Waals surface area contributed by atoms with Crippen LogP contribution in [0.1, 0.15) is 12.5 Å². The molecule has 3 aromatic carbocycles. The predicted molar refractivity (Wildman–Crippen MR) is 114 cm³/mol. The zero-order valence-electron chi connectivity index (χ0n) is 16.1. The van der Waals surface area contributed by atoms with Gasteiger partial charge in [0.05, 0.1) is 10.6 Å². The van der Waals surface area contributed by atoms with E-state index in [1.54, 1.807) is 43.3 Å². The first-order valence-corrected chi connectivity index (χ1v) is 10.5. The van der Waals surface area contributed by atoms with Gasteiger partial charge in [0, 0.05) is 5.69 Å². The molecule has 7 heteroatoms. The van der Waals surface area contributed by atoms with Gasteiger partial charge in [-0.25, -0.2) is 8.42 Å². The minimum Gasteiger partial charge on any atom is -0.481 e. The van der Waals surface area contributed by atoms with Crippen LogP contribution in [0.5, 0.6) is 5.75 Å².